The van der Waals surface area contributed by atoms with E-state index in [0.29, 0.717) is 28.6 Å². The van der Waals surface area contributed by atoms with Gasteiger partial charge in [0.1, 0.15) is 6.04 Å². The first-order valence-electron chi connectivity index (χ1n) is 9.49. The van der Waals surface area contributed by atoms with Crippen molar-refractivity contribution in [2.45, 2.75) is 50.1 Å². The lowest BCUT2D eigenvalue weighted by atomic mass is 10.0. The number of rotatable bonds is 4. The molecule has 2 aliphatic carbocycles. The molecule has 0 radical (unpaired) electrons. The molecular weight excluding hydrogens is 340 g/mol. The average molecular weight is 360 g/mol. The number of hydrogen-bond donors (Lipinski definition) is 1. The van der Waals surface area contributed by atoms with Gasteiger partial charge in [-0.2, -0.15) is 5.26 Å². The van der Waals surface area contributed by atoms with Gasteiger partial charge in [0.05, 0.1) is 29.3 Å². The zero-order valence-electron chi connectivity index (χ0n) is 14.9. The number of aromatic nitrogens is 1. The Kier molecular flexibility index (Phi) is 3.48. The lowest BCUT2D eigenvalue weighted by Crippen LogP contribution is -2.38. The van der Waals surface area contributed by atoms with Gasteiger partial charge in [-0.25, -0.2) is 0 Å². The van der Waals surface area contributed by atoms with Gasteiger partial charge in [-0.1, -0.05) is 12.1 Å². The molecule has 0 bridgehead atoms. The summed E-state index contributed by atoms with van der Waals surface area (Å²) in [4.78, 5) is 31.2. The Morgan fingerprint density at radius 3 is 2.78 bits per heavy atom. The SMILES string of the molecule is N#C[C@@H]1C[C@@H]2C[C@@H]2N1C(=O)Cc1cc(C(N)=O)c2ccc(C3CC3)cc2n1. The van der Waals surface area contributed by atoms with Crippen LogP contribution in [0.25, 0.3) is 10.9 Å². The quantitative estimate of drug-likeness (QED) is 0.904. The molecule has 1 aliphatic heterocycles. The third kappa shape index (κ3) is 2.74. The fraction of sp³-hybridized carbons (Fsp3) is 0.429. The molecule has 3 fully saturated rings. The zero-order valence-corrected chi connectivity index (χ0v) is 14.9. The number of hydrogen-bond acceptors (Lipinski definition) is 4. The molecule has 6 heteroatoms. The minimum atomic E-state index is -0.520. The van der Waals surface area contributed by atoms with Crippen molar-refractivity contribution < 1.29 is 9.59 Å². The number of benzene rings is 1. The first-order chi connectivity index (χ1) is 13.0. The summed E-state index contributed by atoms with van der Waals surface area (Å²) in [7, 11) is 0. The second kappa shape index (κ2) is 5.78. The molecule has 2 N–H and O–H groups in total. The largest absolute Gasteiger partial charge is 0.366 e. The summed E-state index contributed by atoms with van der Waals surface area (Å²) < 4.78 is 0. The second-order valence-electron chi connectivity index (χ2n) is 8.00. The summed E-state index contributed by atoms with van der Waals surface area (Å²) in [5.41, 5.74) is 8.44. The first-order valence-corrected chi connectivity index (χ1v) is 9.49. The van der Waals surface area contributed by atoms with Crippen molar-refractivity contribution in [1.82, 2.24) is 9.88 Å². The molecule has 0 spiro atoms. The summed E-state index contributed by atoms with van der Waals surface area (Å²) in [6, 6.07) is 9.69. The Morgan fingerprint density at radius 2 is 2.07 bits per heavy atom. The van der Waals surface area contributed by atoms with Crippen molar-refractivity contribution in [2.75, 3.05) is 0 Å². The van der Waals surface area contributed by atoms with Crippen molar-refractivity contribution in [3.05, 3.63) is 41.1 Å². The first kappa shape index (κ1) is 16.2. The number of nitrogens with two attached hydrogens (primary N) is 1. The van der Waals surface area contributed by atoms with E-state index in [4.69, 9.17) is 5.73 Å². The number of carbonyl (C=O) groups is 2. The van der Waals surface area contributed by atoms with Crippen molar-refractivity contribution in [2.24, 2.45) is 11.7 Å². The number of nitriles is 1. The second-order valence-corrected chi connectivity index (χ2v) is 8.00. The maximum absolute atomic E-state index is 12.8. The Balaban J connectivity index is 1.49. The highest BCUT2D eigenvalue weighted by Gasteiger charge is 2.53. The van der Waals surface area contributed by atoms with Crippen molar-refractivity contribution in [1.29, 1.82) is 5.26 Å². The molecular formula is C21H20N4O2. The van der Waals surface area contributed by atoms with Crippen molar-refractivity contribution in [3.63, 3.8) is 0 Å². The molecule has 2 saturated carbocycles. The van der Waals surface area contributed by atoms with Crippen LogP contribution in [0.15, 0.2) is 24.3 Å². The topological polar surface area (TPSA) is 100 Å². The highest BCUT2D eigenvalue weighted by atomic mass is 16.2. The van der Waals surface area contributed by atoms with Gasteiger partial charge in [0.25, 0.3) is 0 Å². The molecule has 136 valence electrons. The van der Waals surface area contributed by atoms with Gasteiger partial charge >= 0.3 is 0 Å². The molecule has 3 atom stereocenters. The van der Waals surface area contributed by atoms with Crippen LogP contribution < -0.4 is 5.73 Å². The standard InChI is InChI=1S/C21H20N4O2/c22-10-15-5-13-7-19(13)25(15)20(26)9-14-8-17(21(23)27)16-4-3-12(11-1-2-11)6-18(16)24-14/h3-4,6,8,11,13,15,19H,1-2,5,7,9H2,(H2,23,27)/t13-,15+,19+/m1/s1. The van der Waals surface area contributed by atoms with Crippen molar-refractivity contribution >= 4 is 22.7 Å². The van der Waals surface area contributed by atoms with E-state index in [1.54, 1.807) is 11.0 Å². The summed E-state index contributed by atoms with van der Waals surface area (Å²) >= 11 is 0. The lowest BCUT2D eigenvalue weighted by Gasteiger charge is -2.22. The Bertz CT molecular complexity index is 1020. The van der Waals surface area contributed by atoms with Crippen LogP contribution in [-0.4, -0.2) is 33.8 Å². The van der Waals surface area contributed by atoms with Gasteiger partial charge in [-0.05, 0) is 55.2 Å². The molecule has 2 heterocycles. The van der Waals surface area contributed by atoms with E-state index in [1.807, 2.05) is 18.2 Å². The van der Waals surface area contributed by atoms with Gasteiger partial charge in [0, 0.05) is 11.4 Å². The van der Waals surface area contributed by atoms with Crippen LogP contribution in [0.3, 0.4) is 0 Å². The highest BCUT2D eigenvalue weighted by molar-refractivity contribution is 6.05. The fourth-order valence-corrected chi connectivity index (χ4v) is 4.44. The maximum Gasteiger partial charge on any atom is 0.249 e. The summed E-state index contributed by atoms with van der Waals surface area (Å²) in [6.45, 7) is 0. The third-order valence-electron chi connectivity index (χ3n) is 6.07. The van der Waals surface area contributed by atoms with E-state index >= 15 is 0 Å². The van der Waals surface area contributed by atoms with Crippen molar-refractivity contribution in [3.8, 4) is 6.07 Å². The van der Waals surface area contributed by atoms with Gasteiger partial charge in [0.2, 0.25) is 11.8 Å². The van der Waals surface area contributed by atoms with Gasteiger partial charge in [-0.3, -0.25) is 14.6 Å². The summed E-state index contributed by atoms with van der Waals surface area (Å²) in [6.07, 6.45) is 4.21. The lowest BCUT2D eigenvalue weighted by molar-refractivity contribution is -0.131. The zero-order chi connectivity index (χ0) is 18.7. The summed E-state index contributed by atoms with van der Waals surface area (Å²) in [5.74, 6) is 0.442. The molecule has 1 saturated heterocycles. The van der Waals surface area contributed by atoms with Crippen LogP contribution in [0.5, 0.6) is 0 Å². The molecule has 5 rings (SSSR count). The van der Waals surface area contributed by atoms with Crippen LogP contribution in [0.1, 0.15) is 53.2 Å². The van der Waals surface area contributed by atoms with Crippen LogP contribution in [0.4, 0.5) is 0 Å². The van der Waals surface area contributed by atoms with Gasteiger partial charge in [-0.15, -0.1) is 0 Å². The predicted octanol–water partition coefficient (Wildman–Crippen LogP) is 2.27. The molecule has 3 aliphatic rings. The summed E-state index contributed by atoms with van der Waals surface area (Å²) in [5, 5.41) is 10.0. The Hall–Kier alpha value is -2.94. The molecule has 1 aromatic carbocycles. The van der Waals surface area contributed by atoms with Crippen LogP contribution in [0.2, 0.25) is 0 Å². The van der Waals surface area contributed by atoms with Crippen LogP contribution in [0, 0.1) is 17.2 Å². The number of primary amides is 1. The predicted molar refractivity (Wildman–Crippen MR) is 98.7 cm³/mol. The van der Waals surface area contributed by atoms with E-state index in [1.165, 1.54) is 18.4 Å². The third-order valence-corrected chi connectivity index (χ3v) is 6.07. The minimum Gasteiger partial charge on any atom is -0.366 e. The molecule has 6 nitrogen and oxygen atoms in total. The fourth-order valence-electron chi connectivity index (χ4n) is 4.44. The highest BCUT2D eigenvalue weighted by Crippen LogP contribution is 2.47. The molecule has 0 unspecified atom stereocenters. The van der Waals surface area contributed by atoms with E-state index in [0.717, 1.165) is 18.2 Å². The number of likely N-dealkylation sites (tertiary alicyclic amines) is 1. The molecule has 2 aromatic rings. The monoisotopic (exact) mass is 360 g/mol. The smallest absolute Gasteiger partial charge is 0.249 e. The number of pyridine rings is 1. The Morgan fingerprint density at radius 1 is 1.26 bits per heavy atom. The number of fused-ring (bicyclic) bond motifs is 2. The Labute approximate surface area is 157 Å². The van der Waals surface area contributed by atoms with Gasteiger partial charge in [0.15, 0.2) is 0 Å². The number of amides is 2. The maximum atomic E-state index is 12.8. The van der Waals surface area contributed by atoms with E-state index in [-0.39, 0.29) is 24.4 Å². The molecule has 1 aromatic heterocycles. The number of piperidine rings is 1. The molecule has 2 amide bonds. The van der Waals surface area contributed by atoms with E-state index < -0.39 is 5.91 Å². The van der Waals surface area contributed by atoms with Crippen LogP contribution >= 0.6 is 0 Å². The van der Waals surface area contributed by atoms with Crippen LogP contribution in [-0.2, 0) is 11.2 Å². The minimum absolute atomic E-state index is 0.0886. The average Bonchev–Trinajstić information content (AvgIpc) is 3.58. The number of carbonyl (C=O) groups excluding carboxylic acids is 2. The van der Waals surface area contributed by atoms with Gasteiger partial charge < -0.3 is 10.6 Å². The normalized spacial score (nSPS) is 25.9. The molecule has 27 heavy (non-hydrogen) atoms. The van der Waals surface area contributed by atoms with E-state index in [9.17, 15) is 14.9 Å². The van der Waals surface area contributed by atoms with E-state index in [2.05, 4.69) is 11.1 Å². The number of nitrogens with zero attached hydrogens (tertiary/aromatic N) is 3.